The number of fused-ring (bicyclic) bond motifs is 1. The smallest absolute Gasteiger partial charge is 0.337 e. The summed E-state index contributed by atoms with van der Waals surface area (Å²) in [7, 11) is 2.76. The Morgan fingerprint density at radius 3 is 2.41 bits per heavy atom. The van der Waals surface area contributed by atoms with Crippen LogP contribution in [0.15, 0.2) is 40.1 Å². The predicted octanol–water partition coefficient (Wildman–Crippen LogP) is 1.48. The molecule has 10 heteroatoms. The Bertz CT molecular complexity index is 1290. The van der Waals surface area contributed by atoms with E-state index in [0.717, 1.165) is 10.1 Å². The van der Waals surface area contributed by atoms with Gasteiger partial charge in [-0.25, -0.2) is 19.1 Å². The summed E-state index contributed by atoms with van der Waals surface area (Å²) in [6, 6.07) is 6.04. The minimum Gasteiger partial charge on any atom is -0.493 e. The van der Waals surface area contributed by atoms with Gasteiger partial charge in [-0.3, -0.25) is 14.2 Å². The molecule has 3 rings (SSSR count). The summed E-state index contributed by atoms with van der Waals surface area (Å²) < 4.78 is 12.4. The van der Waals surface area contributed by atoms with Gasteiger partial charge in [0.05, 0.1) is 19.3 Å². The van der Waals surface area contributed by atoms with Gasteiger partial charge in [0.1, 0.15) is 17.7 Å². The fourth-order valence-electron chi connectivity index (χ4n) is 3.32. The Balaban J connectivity index is 1.99. The third-order valence-electron chi connectivity index (χ3n) is 4.94. The number of hydrogen-bond donors (Lipinski definition) is 1. The summed E-state index contributed by atoms with van der Waals surface area (Å²) in [6.07, 6.45) is 2.17. The van der Waals surface area contributed by atoms with Crippen molar-refractivity contribution in [2.24, 2.45) is 7.05 Å². The maximum atomic E-state index is 13.2. The molecular formula is C22H24N4O6. The van der Waals surface area contributed by atoms with Crippen molar-refractivity contribution in [1.29, 1.82) is 0 Å². The molecule has 0 unspecified atom stereocenters. The molecule has 0 saturated carbocycles. The van der Waals surface area contributed by atoms with Crippen molar-refractivity contribution in [3.05, 3.63) is 62.4 Å². The molecule has 0 saturated heterocycles. The van der Waals surface area contributed by atoms with Crippen LogP contribution in [0.1, 0.15) is 29.8 Å². The quantitative estimate of drug-likeness (QED) is 0.552. The summed E-state index contributed by atoms with van der Waals surface area (Å²) in [4.78, 5) is 54.4. The van der Waals surface area contributed by atoms with Crippen molar-refractivity contribution in [3.8, 4) is 5.75 Å². The van der Waals surface area contributed by atoms with E-state index in [0.29, 0.717) is 30.0 Å². The van der Waals surface area contributed by atoms with Gasteiger partial charge in [0.25, 0.3) is 5.56 Å². The van der Waals surface area contributed by atoms with Gasteiger partial charge >= 0.3 is 11.7 Å². The van der Waals surface area contributed by atoms with Gasteiger partial charge in [0.2, 0.25) is 5.91 Å². The predicted molar refractivity (Wildman–Crippen MR) is 118 cm³/mol. The molecule has 2 aromatic heterocycles. The molecule has 0 spiro atoms. The number of rotatable bonds is 7. The average Bonchev–Trinajstić information content (AvgIpc) is 2.80. The first-order valence-corrected chi connectivity index (χ1v) is 10.0. The zero-order valence-corrected chi connectivity index (χ0v) is 18.3. The summed E-state index contributed by atoms with van der Waals surface area (Å²) in [5, 5.41) is 2.77. The van der Waals surface area contributed by atoms with Crippen LogP contribution in [0.4, 0.5) is 5.69 Å². The molecule has 0 radical (unpaired) electrons. The number of esters is 1. The Morgan fingerprint density at radius 1 is 1.12 bits per heavy atom. The van der Waals surface area contributed by atoms with Crippen molar-refractivity contribution in [2.45, 2.75) is 26.8 Å². The second-order valence-corrected chi connectivity index (χ2v) is 6.95. The van der Waals surface area contributed by atoms with Crippen LogP contribution in [0.3, 0.4) is 0 Å². The number of nitrogens with zero attached hydrogens (tertiary/aromatic N) is 3. The highest BCUT2D eigenvalue weighted by Crippen LogP contribution is 2.25. The van der Waals surface area contributed by atoms with Crippen molar-refractivity contribution in [1.82, 2.24) is 14.1 Å². The number of nitrogens with one attached hydrogen (secondary N) is 1. The molecule has 0 atom stereocenters. The lowest BCUT2D eigenvalue weighted by Gasteiger charge is -2.15. The van der Waals surface area contributed by atoms with Gasteiger partial charge in [-0.1, -0.05) is 6.92 Å². The van der Waals surface area contributed by atoms with Gasteiger partial charge in [0, 0.05) is 24.5 Å². The summed E-state index contributed by atoms with van der Waals surface area (Å²) >= 11 is 0. The number of anilines is 1. The van der Waals surface area contributed by atoms with E-state index in [1.807, 2.05) is 6.92 Å². The molecule has 0 aliphatic heterocycles. The summed E-state index contributed by atoms with van der Waals surface area (Å²) in [6.45, 7) is 3.54. The van der Waals surface area contributed by atoms with Crippen LogP contribution in [-0.4, -0.2) is 39.7 Å². The molecule has 2 heterocycles. The van der Waals surface area contributed by atoms with Crippen LogP contribution in [0, 0.1) is 0 Å². The standard InChI is InChI=1S/C22H24N4O6/c1-5-13-11-23-19-17(18(13)32-6-2)20(28)26(22(30)25(19)3)12-16(27)24-15-9-7-14(8-10-15)21(29)31-4/h7-11H,5-6,12H2,1-4H3,(H,24,27). The molecule has 0 fully saturated rings. The topological polar surface area (TPSA) is 122 Å². The molecule has 1 aromatic carbocycles. The number of carbonyl (C=O) groups excluding carboxylic acids is 2. The SMILES string of the molecule is CCOc1c(CC)cnc2c1c(=O)n(CC(=O)Nc1ccc(C(=O)OC)cc1)c(=O)n2C. The van der Waals surface area contributed by atoms with E-state index in [9.17, 15) is 19.2 Å². The summed E-state index contributed by atoms with van der Waals surface area (Å²) in [5.74, 6) is -0.709. The number of ether oxygens (including phenoxy) is 2. The maximum Gasteiger partial charge on any atom is 0.337 e. The van der Waals surface area contributed by atoms with Crippen LogP contribution in [0.5, 0.6) is 5.75 Å². The van der Waals surface area contributed by atoms with Gasteiger partial charge in [-0.05, 0) is 37.6 Å². The third-order valence-corrected chi connectivity index (χ3v) is 4.94. The van der Waals surface area contributed by atoms with Gasteiger partial charge in [-0.2, -0.15) is 0 Å². The number of carbonyl (C=O) groups is 2. The molecule has 10 nitrogen and oxygen atoms in total. The Kier molecular flexibility index (Phi) is 6.72. The van der Waals surface area contributed by atoms with Crippen LogP contribution in [0.25, 0.3) is 11.0 Å². The van der Waals surface area contributed by atoms with E-state index in [2.05, 4.69) is 15.0 Å². The van der Waals surface area contributed by atoms with Crippen molar-refractivity contribution < 1.29 is 19.1 Å². The molecular weight excluding hydrogens is 416 g/mol. The second kappa shape index (κ2) is 9.46. The monoisotopic (exact) mass is 440 g/mol. The number of methoxy groups -OCH3 is 1. The van der Waals surface area contributed by atoms with E-state index < -0.39 is 29.7 Å². The van der Waals surface area contributed by atoms with Crippen LogP contribution in [-0.2, 0) is 29.5 Å². The molecule has 1 amide bonds. The fourth-order valence-corrected chi connectivity index (χ4v) is 3.32. The van der Waals surface area contributed by atoms with Crippen molar-refractivity contribution in [3.63, 3.8) is 0 Å². The zero-order chi connectivity index (χ0) is 23.4. The van der Waals surface area contributed by atoms with Crippen LogP contribution >= 0.6 is 0 Å². The molecule has 0 aliphatic carbocycles. The molecule has 1 N–H and O–H groups in total. The molecule has 3 aromatic rings. The lowest BCUT2D eigenvalue weighted by Crippen LogP contribution is -2.42. The number of hydrogen-bond acceptors (Lipinski definition) is 7. The first-order valence-electron chi connectivity index (χ1n) is 10.0. The largest absolute Gasteiger partial charge is 0.493 e. The Labute approximate surface area is 183 Å². The van der Waals surface area contributed by atoms with E-state index in [4.69, 9.17) is 4.74 Å². The number of benzene rings is 1. The maximum absolute atomic E-state index is 13.2. The van der Waals surface area contributed by atoms with Crippen molar-refractivity contribution in [2.75, 3.05) is 19.0 Å². The normalized spacial score (nSPS) is 10.8. The first kappa shape index (κ1) is 22.7. The minimum atomic E-state index is -0.669. The molecule has 168 valence electrons. The number of aryl methyl sites for hydroxylation is 2. The summed E-state index contributed by atoms with van der Waals surface area (Å²) in [5.41, 5.74) is 0.335. The van der Waals surface area contributed by atoms with Gasteiger partial charge in [-0.15, -0.1) is 0 Å². The van der Waals surface area contributed by atoms with E-state index in [1.54, 1.807) is 13.1 Å². The number of aromatic nitrogens is 3. The highest BCUT2D eigenvalue weighted by molar-refractivity contribution is 5.93. The molecule has 32 heavy (non-hydrogen) atoms. The zero-order valence-electron chi connectivity index (χ0n) is 18.3. The highest BCUT2D eigenvalue weighted by atomic mass is 16.5. The Hall–Kier alpha value is -3.95. The van der Waals surface area contributed by atoms with Gasteiger partial charge in [0.15, 0.2) is 5.65 Å². The molecule has 0 aliphatic rings. The lowest BCUT2D eigenvalue weighted by atomic mass is 10.1. The Morgan fingerprint density at radius 2 is 1.81 bits per heavy atom. The second-order valence-electron chi connectivity index (χ2n) is 6.95. The van der Waals surface area contributed by atoms with E-state index in [1.165, 1.54) is 43.0 Å². The van der Waals surface area contributed by atoms with E-state index in [-0.39, 0.29) is 11.0 Å². The minimum absolute atomic E-state index is 0.156. The van der Waals surface area contributed by atoms with Crippen molar-refractivity contribution >= 4 is 28.6 Å². The van der Waals surface area contributed by atoms with Crippen LogP contribution in [0.2, 0.25) is 0 Å². The lowest BCUT2D eigenvalue weighted by molar-refractivity contribution is -0.116. The number of amides is 1. The van der Waals surface area contributed by atoms with Gasteiger partial charge < -0.3 is 14.8 Å². The first-order chi connectivity index (χ1) is 15.3. The van der Waals surface area contributed by atoms with E-state index >= 15 is 0 Å². The average molecular weight is 440 g/mol. The third kappa shape index (κ3) is 4.25. The fraction of sp³-hybridized carbons (Fsp3) is 0.318. The van der Waals surface area contributed by atoms with Crippen LogP contribution < -0.4 is 21.3 Å². The number of pyridine rings is 1. The highest BCUT2D eigenvalue weighted by Gasteiger charge is 2.20. The molecule has 0 bridgehead atoms.